The molecular weight excluding hydrogens is 862 g/mol. The normalized spacial score (nSPS) is 14.4. The minimum Gasteiger partial charge on any atom is -0.497 e. The summed E-state index contributed by atoms with van der Waals surface area (Å²) in [5, 5.41) is 0.633. The molecule has 7 nitrogen and oxygen atoms in total. The Labute approximate surface area is 307 Å². The molecule has 0 fully saturated rings. The van der Waals surface area contributed by atoms with Gasteiger partial charge in [0.05, 0.1) is 39.1 Å². The monoisotopic (exact) mass is 888 g/mol. The van der Waals surface area contributed by atoms with Crippen LogP contribution in [0.5, 0.6) is 11.5 Å². The highest BCUT2D eigenvalue weighted by Crippen LogP contribution is 2.36. The predicted molar refractivity (Wildman–Crippen MR) is 202 cm³/mol. The van der Waals surface area contributed by atoms with Crippen LogP contribution in [0.25, 0.3) is 11.8 Å². The van der Waals surface area contributed by atoms with Crippen LogP contribution in [0, 0.1) is 7.14 Å². The maximum Gasteiger partial charge on any atom is 0.338 e. The van der Waals surface area contributed by atoms with Gasteiger partial charge in [-0.25, -0.2) is 9.79 Å². The SMILES string of the molecule is CCOC(=O)C1=C(c2ccccc2)N=c2s/c(=C\c3cc(I)cc(I)c3OCc3cccc(Cl)c3)c(=O)n2[C@H]1c1ccc(OC)cc1. The molecule has 47 heavy (non-hydrogen) atoms. The molecule has 2 heterocycles. The number of methoxy groups -OCH3 is 1. The number of ether oxygens (including phenoxy) is 3. The lowest BCUT2D eigenvalue weighted by atomic mass is 9.93. The van der Waals surface area contributed by atoms with Gasteiger partial charge in [-0.15, -0.1) is 0 Å². The fraction of sp³-hybridized carbons (Fsp3) is 0.139. The summed E-state index contributed by atoms with van der Waals surface area (Å²) in [6.07, 6.45) is 1.84. The van der Waals surface area contributed by atoms with Crippen molar-refractivity contribution < 1.29 is 19.0 Å². The molecule has 0 radical (unpaired) electrons. The maximum atomic E-state index is 14.4. The van der Waals surface area contributed by atoms with Crippen molar-refractivity contribution in [2.75, 3.05) is 13.7 Å². The summed E-state index contributed by atoms with van der Waals surface area (Å²) in [6.45, 7) is 2.24. The number of carbonyl (C=O) groups excluding carboxylic acids is 1. The van der Waals surface area contributed by atoms with Crippen molar-refractivity contribution in [1.29, 1.82) is 0 Å². The van der Waals surface area contributed by atoms with Crippen molar-refractivity contribution in [3.05, 3.63) is 151 Å². The van der Waals surface area contributed by atoms with E-state index in [1.165, 1.54) is 11.3 Å². The molecule has 11 heteroatoms. The molecule has 0 spiro atoms. The Bertz CT molecular complexity index is 2180. The van der Waals surface area contributed by atoms with Gasteiger partial charge >= 0.3 is 5.97 Å². The molecule has 1 atom stereocenters. The van der Waals surface area contributed by atoms with E-state index < -0.39 is 12.0 Å². The van der Waals surface area contributed by atoms with Crippen LogP contribution in [0.2, 0.25) is 5.02 Å². The van der Waals surface area contributed by atoms with E-state index in [1.807, 2.05) is 97.1 Å². The summed E-state index contributed by atoms with van der Waals surface area (Å²) in [6, 6.07) is 27.6. The minimum atomic E-state index is -0.789. The largest absolute Gasteiger partial charge is 0.497 e. The molecule has 1 aliphatic heterocycles. The van der Waals surface area contributed by atoms with Crippen LogP contribution in [0.1, 0.15) is 35.2 Å². The smallest absolute Gasteiger partial charge is 0.338 e. The molecule has 0 aliphatic carbocycles. The molecule has 0 saturated carbocycles. The van der Waals surface area contributed by atoms with Gasteiger partial charge in [0.1, 0.15) is 18.1 Å². The fourth-order valence-electron chi connectivity index (χ4n) is 5.31. The van der Waals surface area contributed by atoms with E-state index in [9.17, 15) is 9.59 Å². The molecular formula is C36H27ClI2N2O5S. The van der Waals surface area contributed by atoms with Gasteiger partial charge in [0.15, 0.2) is 4.80 Å². The summed E-state index contributed by atoms with van der Waals surface area (Å²) in [5.74, 6) is 0.777. The van der Waals surface area contributed by atoms with Crippen molar-refractivity contribution >= 4 is 85.9 Å². The molecule has 0 amide bonds. The van der Waals surface area contributed by atoms with E-state index in [0.29, 0.717) is 38.2 Å². The van der Waals surface area contributed by atoms with E-state index in [0.717, 1.165) is 29.4 Å². The number of hydrogen-bond donors (Lipinski definition) is 0. The molecule has 1 aromatic heterocycles. The van der Waals surface area contributed by atoms with Crippen molar-refractivity contribution in [2.45, 2.75) is 19.6 Å². The van der Waals surface area contributed by atoms with Gasteiger partial charge in [0, 0.05) is 19.7 Å². The van der Waals surface area contributed by atoms with E-state index in [2.05, 4.69) is 45.2 Å². The maximum absolute atomic E-state index is 14.4. The van der Waals surface area contributed by atoms with Gasteiger partial charge in [-0.3, -0.25) is 9.36 Å². The highest BCUT2D eigenvalue weighted by molar-refractivity contribution is 14.1. The van der Waals surface area contributed by atoms with Crippen LogP contribution >= 0.6 is 68.1 Å². The molecule has 1 aliphatic rings. The van der Waals surface area contributed by atoms with Gasteiger partial charge in [-0.05, 0) is 106 Å². The number of fused-ring (bicyclic) bond motifs is 1. The second kappa shape index (κ2) is 14.8. The first-order chi connectivity index (χ1) is 22.8. The lowest BCUT2D eigenvalue weighted by Crippen LogP contribution is -2.40. The quantitative estimate of drug-likeness (QED) is 0.114. The van der Waals surface area contributed by atoms with Crippen molar-refractivity contribution in [3.8, 4) is 11.5 Å². The topological polar surface area (TPSA) is 79.1 Å². The number of carbonyl (C=O) groups is 1. The number of nitrogens with zero attached hydrogens (tertiary/aromatic N) is 2. The van der Waals surface area contributed by atoms with Crippen molar-refractivity contribution in [1.82, 2.24) is 4.57 Å². The molecule has 0 unspecified atom stereocenters. The second-order valence-electron chi connectivity index (χ2n) is 10.4. The third kappa shape index (κ3) is 7.20. The van der Waals surface area contributed by atoms with E-state index in [1.54, 1.807) is 18.6 Å². The molecule has 4 aromatic carbocycles. The summed E-state index contributed by atoms with van der Waals surface area (Å²) >= 11 is 12.0. The number of halogens is 3. The summed E-state index contributed by atoms with van der Waals surface area (Å²) < 4.78 is 21.2. The molecule has 0 N–H and O–H groups in total. The van der Waals surface area contributed by atoms with Crippen LogP contribution in [-0.4, -0.2) is 24.3 Å². The average molecular weight is 889 g/mol. The standard InChI is InChI=1S/C36H27ClI2N2O5S/c1-3-45-35(43)30-31(22-9-5-4-6-10-22)40-36-41(32(30)23-12-14-27(44-2)15-13-23)34(42)29(47-36)18-24-17-26(38)19-28(39)33(24)46-20-21-8-7-11-25(37)16-21/h4-19,32H,3,20H2,1-2H3/b29-18-/t32-/m0/s1. The Morgan fingerprint density at radius 1 is 1.02 bits per heavy atom. The first-order valence-corrected chi connectivity index (χ1v) is 17.9. The molecule has 5 aromatic rings. The van der Waals surface area contributed by atoms with E-state index >= 15 is 0 Å². The molecule has 0 bridgehead atoms. The number of rotatable bonds is 9. The van der Waals surface area contributed by atoms with Crippen LogP contribution < -0.4 is 24.4 Å². The molecule has 0 saturated heterocycles. The Morgan fingerprint density at radius 3 is 2.49 bits per heavy atom. The van der Waals surface area contributed by atoms with Crippen molar-refractivity contribution in [2.24, 2.45) is 4.99 Å². The number of aromatic nitrogens is 1. The third-order valence-electron chi connectivity index (χ3n) is 7.40. The van der Waals surface area contributed by atoms with Gasteiger partial charge < -0.3 is 14.2 Å². The number of benzene rings is 4. The lowest BCUT2D eigenvalue weighted by molar-refractivity contribution is -0.138. The first kappa shape index (κ1) is 33.4. The van der Waals surface area contributed by atoms with Gasteiger partial charge in [0.2, 0.25) is 0 Å². The average Bonchev–Trinajstić information content (AvgIpc) is 3.38. The number of hydrogen-bond acceptors (Lipinski definition) is 7. The summed E-state index contributed by atoms with van der Waals surface area (Å²) in [5.41, 5.74) is 3.62. The second-order valence-corrected chi connectivity index (χ2v) is 14.3. The minimum absolute atomic E-state index is 0.174. The number of thiazole rings is 1. The van der Waals surface area contributed by atoms with Gasteiger partial charge in [-0.1, -0.05) is 77.5 Å². The Kier molecular flexibility index (Phi) is 10.5. The highest BCUT2D eigenvalue weighted by Gasteiger charge is 2.35. The predicted octanol–water partition coefficient (Wildman–Crippen LogP) is 7.39. The van der Waals surface area contributed by atoms with Crippen LogP contribution in [0.3, 0.4) is 0 Å². The summed E-state index contributed by atoms with van der Waals surface area (Å²) in [7, 11) is 1.59. The molecule has 6 rings (SSSR count). The highest BCUT2D eigenvalue weighted by atomic mass is 127. The summed E-state index contributed by atoms with van der Waals surface area (Å²) in [4.78, 5) is 33.6. The lowest BCUT2D eigenvalue weighted by Gasteiger charge is -2.26. The van der Waals surface area contributed by atoms with Crippen LogP contribution in [-0.2, 0) is 16.1 Å². The zero-order chi connectivity index (χ0) is 33.1. The molecule has 238 valence electrons. The number of esters is 1. The van der Waals surface area contributed by atoms with Crippen LogP contribution in [0.4, 0.5) is 0 Å². The third-order valence-corrected chi connectivity index (χ3v) is 10.0. The van der Waals surface area contributed by atoms with Crippen LogP contribution in [0.15, 0.2) is 106 Å². The van der Waals surface area contributed by atoms with E-state index in [4.69, 9.17) is 30.8 Å². The zero-order valence-electron chi connectivity index (χ0n) is 25.2. The van der Waals surface area contributed by atoms with Gasteiger partial charge in [-0.2, -0.15) is 0 Å². The van der Waals surface area contributed by atoms with E-state index in [-0.39, 0.29) is 17.7 Å². The van der Waals surface area contributed by atoms with Gasteiger partial charge in [0.25, 0.3) is 5.56 Å². The Morgan fingerprint density at radius 2 is 1.79 bits per heavy atom. The Hall–Kier alpha value is -3.46. The fourth-order valence-corrected chi connectivity index (χ4v) is 8.56. The van der Waals surface area contributed by atoms with Crippen molar-refractivity contribution in [3.63, 3.8) is 0 Å². The Balaban J connectivity index is 1.56. The zero-order valence-corrected chi connectivity index (χ0v) is 31.1. The first-order valence-electron chi connectivity index (χ1n) is 14.6.